The Labute approximate surface area is 91.8 Å². The van der Waals surface area contributed by atoms with Crippen LogP contribution in [0, 0.1) is 0 Å². The fraction of sp³-hybridized carbons (Fsp3) is 1.00. The van der Waals surface area contributed by atoms with Crippen molar-refractivity contribution in [1.82, 2.24) is 10.2 Å². The van der Waals surface area contributed by atoms with E-state index in [4.69, 9.17) is 0 Å². The van der Waals surface area contributed by atoms with Gasteiger partial charge in [-0.3, -0.25) is 4.90 Å². The smallest absolute Gasteiger partial charge is 0.0259 e. The Balaban J connectivity index is 1.83. The summed E-state index contributed by atoms with van der Waals surface area (Å²) in [6.45, 7) is 9.66. The van der Waals surface area contributed by atoms with Gasteiger partial charge < -0.3 is 5.32 Å². The van der Waals surface area contributed by atoms with Gasteiger partial charge in [-0.1, -0.05) is 0 Å². The molecule has 14 heavy (non-hydrogen) atoms. The number of nitrogens with one attached hydrogen (secondary N) is 1. The van der Waals surface area contributed by atoms with Gasteiger partial charge in [0.1, 0.15) is 0 Å². The zero-order valence-corrected chi connectivity index (χ0v) is 10.2. The van der Waals surface area contributed by atoms with E-state index in [0.717, 1.165) is 0 Å². The molecular weight excluding hydrogens is 192 g/mol. The molecule has 2 rings (SSSR count). The lowest BCUT2D eigenvalue weighted by Gasteiger charge is -2.37. The van der Waals surface area contributed by atoms with Gasteiger partial charge in [0.15, 0.2) is 0 Å². The van der Waals surface area contributed by atoms with E-state index in [2.05, 4.69) is 35.8 Å². The number of piperazine rings is 1. The maximum Gasteiger partial charge on any atom is 0.0259 e. The first-order valence-electron chi connectivity index (χ1n) is 5.78. The molecule has 0 aromatic rings. The second-order valence-electron chi connectivity index (χ2n) is 4.99. The van der Waals surface area contributed by atoms with Gasteiger partial charge in [-0.2, -0.15) is 11.8 Å². The highest BCUT2D eigenvalue weighted by Gasteiger charge is 2.32. The molecule has 2 saturated heterocycles. The van der Waals surface area contributed by atoms with Gasteiger partial charge in [0.05, 0.1) is 0 Å². The van der Waals surface area contributed by atoms with Gasteiger partial charge in [0, 0.05) is 37.0 Å². The molecule has 0 aromatic heterocycles. The van der Waals surface area contributed by atoms with E-state index in [0.29, 0.717) is 10.8 Å². The number of nitrogens with zero attached hydrogens (tertiary/aromatic N) is 1. The van der Waals surface area contributed by atoms with Crippen LogP contribution < -0.4 is 5.32 Å². The van der Waals surface area contributed by atoms with E-state index in [9.17, 15) is 0 Å². The van der Waals surface area contributed by atoms with Crippen LogP contribution in [0.15, 0.2) is 0 Å². The van der Waals surface area contributed by atoms with Crippen molar-refractivity contribution in [1.29, 1.82) is 0 Å². The van der Waals surface area contributed by atoms with Crippen LogP contribution in [-0.4, -0.2) is 47.6 Å². The van der Waals surface area contributed by atoms with Crippen molar-refractivity contribution in [3.8, 4) is 0 Å². The van der Waals surface area contributed by atoms with Crippen molar-refractivity contribution in [2.24, 2.45) is 0 Å². The maximum atomic E-state index is 3.50. The number of hydrogen-bond donors (Lipinski definition) is 1. The Morgan fingerprint density at radius 3 is 3.07 bits per heavy atom. The third-order valence-electron chi connectivity index (χ3n) is 3.31. The van der Waals surface area contributed by atoms with Crippen LogP contribution in [0.4, 0.5) is 0 Å². The molecule has 2 unspecified atom stereocenters. The Kier molecular flexibility index (Phi) is 3.40. The minimum atomic E-state index is 0.553. The van der Waals surface area contributed by atoms with Gasteiger partial charge in [0.25, 0.3) is 0 Å². The normalized spacial score (nSPS) is 40.3. The quantitative estimate of drug-likeness (QED) is 0.751. The molecule has 2 fully saturated rings. The molecule has 0 radical (unpaired) electrons. The van der Waals surface area contributed by atoms with Crippen LogP contribution in [0.2, 0.25) is 0 Å². The largest absolute Gasteiger partial charge is 0.312 e. The number of rotatable bonds is 2. The van der Waals surface area contributed by atoms with Crippen molar-refractivity contribution in [2.45, 2.75) is 37.5 Å². The molecule has 2 atom stereocenters. The molecule has 0 bridgehead atoms. The summed E-state index contributed by atoms with van der Waals surface area (Å²) in [5.74, 6) is 1.37. The molecule has 2 aliphatic heterocycles. The zero-order chi connectivity index (χ0) is 10.0. The van der Waals surface area contributed by atoms with Gasteiger partial charge >= 0.3 is 0 Å². The lowest BCUT2D eigenvalue weighted by atomic mass is 10.0. The predicted octanol–water partition coefficient (Wildman–Crippen LogP) is 1.57. The third-order valence-corrected chi connectivity index (χ3v) is 4.83. The monoisotopic (exact) mass is 214 g/mol. The molecule has 0 saturated carbocycles. The van der Waals surface area contributed by atoms with Gasteiger partial charge in [-0.15, -0.1) is 0 Å². The molecule has 82 valence electrons. The minimum absolute atomic E-state index is 0.553. The summed E-state index contributed by atoms with van der Waals surface area (Å²) >= 11 is 2.18. The van der Waals surface area contributed by atoms with E-state index in [-0.39, 0.29) is 0 Å². The Bertz CT molecular complexity index is 190. The summed E-state index contributed by atoms with van der Waals surface area (Å²) in [4.78, 5) is 2.64. The second kappa shape index (κ2) is 4.42. The third kappa shape index (κ3) is 2.65. The number of hydrogen-bond acceptors (Lipinski definition) is 3. The lowest BCUT2D eigenvalue weighted by molar-refractivity contribution is 0.191. The van der Waals surface area contributed by atoms with E-state index < -0.39 is 0 Å². The predicted molar refractivity (Wildman–Crippen MR) is 64.0 cm³/mol. The number of thioether (sulfide) groups is 1. The van der Waals surface area contributed by atoms with Gasteiger partial charge in [-0.05, 0) is 32.4 Å². The molecule has 2 heterocycles. The Morgan fingerprint density at radius 2 is 2.43 bits per heavy atom. The van der Waals surface area contributed by atoms with E-state index in [1.165, 1.54) is 44.8 Å². The van der Waals surface area contributed by atoms with E-state index in [1.54, 1.807) is 0 Å². The fourth-order valence-electron chi connectivity index (χ4n) is 2.59. The zero-order valence-electron chi connectivity index (χ0n) is 9.38. The van der Waals surface area contributed by atoms with E-state index >= 15 is 0 Å². The second-order valence-corrected chi connectivity index (χ2v) is 6.67. The van der Waals surface area contributed by atoms with Gasteiger partial charge in [0.2, 0.25) is 0 Å². The highest BCUT2D eigenvalue weighted by Crippen LogP contribution is 2.38. The average molecular weight is 214 g/mol. The van der Waals surface area contributed by atoms with Crippen molar-refractivity contribution < 1.29 is 0 Å². The van der Waals surface area contributed by atoms with Crippen molar-refractivity contribution in [2.75, 3.05) is 31.9 Å². The molecule has 0 spiro atoms. The van der Waals surface area contributed by atoms with Crippen molar-refractivity contribution in [3.05, 3.63) is 0 Å². The van der Waals surface area contributed by atoms with Gasteiger partial charge in [-0.25, -0.2) is 0 Å². The molecular formula is C11H22N2S. The Hall–Kier alpha value is 0.270. The van der Waals surface area contributed by atoms with Crippen molar-refractivity contribution >= 4 is 11.8 Å². The topological polar surface area (TPSA) is 15.3 Å². The summed E-state index contributed by atoms with van der Waals surface area (Å²) in [6.07, 6.45) is 2.83. The molecule has 0 aromatic carbocycles. The van der Waals surface area contributed by atoms with Crippen LogP contribution in [0.5, 0.6) is 0 Å². The lowest BCUT2D eigenvalue weighted by Crippen LogP contribution is -2.52. The molecule has 1 N–H and O–H groups in total. The molecule has 3 heteroatoms. The van der Waals surface area contributed by atoms with Crippen LogP contribution in [0.3, 0.4) is 0 Å². The van der Waals surface area contributed by atoms with Crippen molar-refractivity contribution in [3.63, 3.8) is 0 Å². The first kappa shape index (κ1) is 10.8. The van der Waals surface area contributed by atoms with Crippen LogP contribution in [-0.2, 0) is 0 Å². The maximum absolute atomic E-state index is 3.50. The highest BCUT2D eigenvalue weighted by molar-refractivity contribution is 8.00. The average Bonchev–Trinajstić information content (AvgIpc) is 2.51. The van der Waals surface area contributed by atoms with Crippen LogP contribution >= 0.6 is 11.8 Å². The molecule has 2 aliphatic rings. The standard InChI is InChI=1S/C11H22N2S/c1-10-8-13(6-5-12-10)9-11(2)4-3-7-14-11/h10,12H,3-9H2,1-2H3. The summed E-state index contributed by atoms with van der Waals surface area (Å²) in [5, 5.41) is 3.50. The summed E-state index contributed by atoms with van der Waals surface area (Å²) < 4.78 is 0.553. The highest BCUT2D eigenvalue weighted by atomic mass is 32.2. The summed E-state index contributed by atoms with van der Waals surface area (Å²) in [7, 11) is 0. The van der Waals surface area contributed by atoms with Crippen LogP contribution in [0.1, 0.15) is 26.7 Å². The summed E-state index contributed by atoms with van der Waals surface area (Å²) in [6, 6.07) is 0.679. The van der Waals surface area contributed by atoms with Crippen LogP contribution in [0.25, 0.3) is 0 Å². The fourth-order valence-corrected chi connectivity index (χ4v) is 3.93. The molecule has 2 nitrogen and oxygen atoms in total. The molecule has 0 aliphatic carbocycles. The van der Waals surface area contributed by atoms with E-state index in [1.807, 2.05) is 0 Å². The Morgan fingerprint density at radius 1 is 1.57 bits per heavy atom. The molecule has 0 amide bonds. The summed E-state index contributed by atoms with van der Waals surface area (Å²) in [5.41, 5.74) is 0. The minimum Gasteiger partial charge on any atom is -0.312 e. The first-order valence-corrected chi connectivity index (χ1v) is 6.76. The first-order chi connectivity index (χ1) is 6.68. The SMILES string of the molecule is CC1CN(CC2(C)CCCS2)CCN1.